The molecule has 0 aliphatic carbocycles. The summed E-state index contributed by atoms with van der Waals surface area (Å²) in [6, 6.07) is 12.2. The molecule has 1 aliphatic rings. The maximum atomic E-state index is 13.2. The highest BCUT2D eigenvalue weighted by atomic mass is 35.5. The molecular weight excluding hydrogens is 383 g/mol. The third kappa shape index (κ3) is 4.40. The number of carbonyl (C=O) groups is 2. The van der Waals surface area contributed by atoms with Gasteiger partial charge >= 0.3 is 0 Å². The van der Waals surface area contributed by atoms with Gasteiger partial charge in [0.1, 0.15) is 11.5 Å². The highest BCUT2D eigenvalue weighted by Crippen LogP contribution is 2.31. The van der Waals surface area contributed by atoms with Crippen LogP contribution in [0.25, 0.3) is 5.57 Å². The number of ether oxygens (including phenoxy) is 1. The van der Waals surface area contributed by atoms with Crippen molar-refractivity contribution in [1.82, 2.24) is 4.90 Å². The molecule has 28 heavy (non-hydrogen) atoms. The summed E-state index contributed by atoms with van der Waals surface area (Å²) in [5, 5.41) is 3.49. The van der Waals surface area contributed by atoms with E-state index in [1.54, 1.807) is 24.3 Å². The molecule has 5 nitrogen and oxygen atoms in total. The summed E-state index contributed by atoms with van der Waals surface area (Å²) in [5.41, 5.74) is 1.46. The smallest absolute Gasteiger partial charge is 0.278 e. The fraction of sp³-hybridized carbons (Fsp3) is 0.238. The van der Waals surface area contributed by atoms with Crippen molar-refractivity contribution in [1.29, 1.82) is 0 Å². The fourth-order valence-corrected chi connectivity index (χ4v) is 2.96. The number of nitrogens with zero attached hydrogens (tertiary/aromatic N) is 1. The van der Waals surface area contributed by atoms with Crippen LogP contribution in [0, 0.1) is 5.82 Å². The number of hydrogen-bond acceptors (Lipinski definition) is 4. The van der Waals surface area contributed by atoms with E-state index in [0.29, 0.717) is 16.3 Å². The molecule has 1 aliphatic heterocycles. The standard InChI is InChI=1S/C21H20ClFN2O3/c1-13(2)28-12-11-25-20(26)18(14-3-5-15(22)6-4-14)19(21(25)27)24-17-9-7-16(23)8-10-17/h3-10,13,24H,11-12H2,1-2H3. The summed E-state index contributed by atoms with van der Waals surface area (Å²) in [4.78, 5) is 27.1. The predicted molar refractivity (Wildman–Crippen MR) is 106 cm³/mol. The first kappa shape index (κ1) is 20.0. The van der Waals surface area contributed by atoms with Gasteiger partial charge in [-0.25, -0.2) is 4.39 Å². The van der Waals surface area contributed by atoms with Gasteiger partial charge in [-0.2, -0.15) is 0 Å². The van der Waals surface area contributed by atoms with E-state index >= 15 is 0 Å². The summed E-state index contributed by atoms with van der Waals surface area (Å²) in [7, 11) is 0. The lowest BCUT2D eigenvalue weighted by Crippen LogP contribution is -2.35. The number of rotatable bonds is 7. The molecule has 2 amide bonds. The summed E-state index contributed by atoms with van der Waals surface area (Å²) in [6.45, 7) is 4.15. The highest BCUT2D eigenvalue weighted by molar-refractivity contribution is 6.36. The molecule has 0 saturated carbocycles. The van der Waals surface area contributed by atoms with Crippen LogP contribution in [0.4, 0.5) is 10.1 Å². The largest absolute Gasteiger partial charge is 0.377 e. The zero-order chi connectivity index (χ0) is 20.3. The number of halogens is 2. The van der Waals surface area contributed by atoms with Gasteiger partial charge in [0, 0.05) is 10.7 Å². The maximum Gasteiger partial charge on any atom is 0.278 e. The maximum absolute atomic E-state index is 13.2. The van der Waals surface area contributed by atoms with Crippen molar-refractivity contribution in [3.05, 3.63) is 70.6 Å². The predicted octanol–water partition coefficient (Wildman–Crippen LogP) is 4.10. The van der Waals surface area contributed by atoms with E-state index < -0.39 is 17.6 Å². The second-order valence-corrected chi connectivity index (χ2v) is 7.01. The van der Waals surface area contributed by atoms with Crippen molar-refractivity contribution in [2.24, 2.45) is 0 Å². The molecule has 1 heterocycles. The fourth-order valence-electron chi connectivity index (χ4n) is 2.84. The molecule has 2 aromatic rings. The van der Waals surface area contributed by atoms with Crippen LogP contribution in [-0.4, -0.2) is 36.0 Å². The van der Waals surface area contributed by atoms with Crippen molar-refractivity contribution in [3.63, 3.8) is 0 Å². The molecule has 0 bridgehead atoms. The van der Waals surface area contributed by atoms with Gasteiger partial charge in [-0.1, -0.05) is 23.7 Å². The molecular formula is C21H20ClFN2O3. The van der Waals surface area contributed by atoms with Gasteiger partial charge in [0.25, 0.3) is 11.8 Å². The van der Waals surface area contributed by atoms with Gasteiger partial charge in [0.2, 0.25) is 0 Å². The van der Waals surface area contributed by atoms with E-state index in [0.717, 1.165) is 4.90 Å². The van der Waals surface area contributed by atoms with Crippen molar-refractivity contribution in [2.75, 3.05) is 18.5 Å². The lowest BCUT2D eigenvalue weighted by Gasteiger charge is -2.16. The van der Waals surface area contributed by atoms with E-state index in [2.05, 4.69) is 5.32 Å². The Balaban J connectivity index is 1.94. The van der Waals surface area contributed by atoms with Crippen LogP contribution in [0.3, 0.4) is 0 Å². The summed E-state index contributed by atoms with van der Waals surface area (Å²) in [6.07, 6.45) is -0.00619. The van der Waals surface area contributed by atoms with Crippen LogP contribution < -0.4 is 5.32 Å². The molecule has 0 fully saturated rings. The number of benzene rings is 2. The Bertz CT molecular complexity index is 908. The monoisotopic (exact) mass is 402 g/mol. The van der Waals surface area contributed by atoms with Crippen LogP contribution in [0.5, 0.6) is 0 Å². The van der Waals surface area contributed by atoms with Gasteiger partial charge in [-0.3, -0.25) is 14.5 Å². The number of anilines is 1. The van der Waals surface area contributed by atoms with E-state index in [1.807, 2.05) is 13.8 Å². The minimum absolute atomic E-state index is 0.00619. The molecule has 146 valence electrons. The third-order valence-corrected chi connectivity index (χ3v) is 4.43. The number of amides is 2. The number of imide groups is 1. The second-order valence-electron chi connectivity index (χ2n) is 6.57. The van der Waals surface area contributed by atoms with E-state index in [1.165, 1.54) is 24.3 Å². The first-order valence-corrected chi connectivity index (χ1v) is 9.25. The number of carbonyl (C=O) groups excluding carboxylic acids is 2. The summed E-state index contributed by atoms with van der Waals surface area (Å²) >= 11 is 5.95. The third-order valence-electron chi connectivity index (χ3n) is 4.18. The average Bonchev–Trinajstić information content (AvgIpc) is 2.88. The van der Waals surface area contributed by atoms with Gasteiger partial charge in [0.05, 0.1) is 24.8 Å². The molecule has 1 N–H and O–H groups in total. The minimum atomic E-state index is -0.452. The normalized spacial score (nSPS) is 14.4. The van der Waals surface area contributed by atoms with Crippen molar-refractivity contribution in [3.8, 4) is 0 Å². The topological polar surface area (TPSA) is 58.6 Å². The van der Waals surface area contributed by atoms with Gasteiger partial charge in [-0.15, -0.1) is 0 Å². The van der Waals surface area contributed by atoms with Crippen LogP contribution in [-0.2, 0) is 14.3 Å². The van der Waals surface area contributed by atoms with Crippen LogP contribution in [0.15, 0.2) is 54.2 Å². The first-order valence-electron chi connectivity index (χ1n) is 8.87. The average molecular weight is 403 g/mol. The van der Waals surface area contributed by atoms with Crippen molar-refractivity contribution < 1.29 is 18.7 Å². The summed E-state index contributed by atoms with van der Waals surface area (Å²) < 4.78 is 18.7. The Morgan fingerprint density at radius 1 is 1.04 bits per heavy atom. The highest BCUT2D eigenvalue weighted by Gasteiger charge is 2.39. The zero-order valence-electron chi connectivity index (χ0n) is 15.5. The number of hydrogen-bond donors (Lipinski definition) is 1. The molecule has 0 saturated heterocycles. The van der Waals surface area contributed by atoms with E-state index in [-0.39, 0.29) is 30.5 Å². The Morgan fingerprint density at radius 3 is 2.29 bits per heavy atom. The van der Waals surface area contributed by atoms with E-state index in [4.69, 9.17) is 16.3 Å². The molecule has 3 rings (SSSR count). The Hall–Kier alpha value is -2.70. The van der Waals surface area contributed by atoms with E-state index in [9.17, 15) is 14.0 Å². The minimum Gasteiger partial charge on any atom is -0.377 e. The first-order chi connectivity index (χ1) is 13.4. The van der Waals surface area contributed by atoms with Crippen LogP contribution in [0.2, 0.25) is 5.02 Å². The van der Waals surface area contributed by atoms with Gasteiger partial charge in [-0.05, 0) is 55.8 Å². The second kappa shape index (κ2) is 8.54. The van der Waals surface area contributed by atoms with Gasteiger partial charge < -0.3 is 10.1 Å². The lowest BCUT2D eigenvalue weighted by molar-refractivity contribution is -0.137. The Morgan fingerprint density at radius 2 is 1.68 bits per heavy atom. The van der Waals surface area contributed by atoms with Crippen molar-refractivity contribution >= 4 is 34.7 Å². The van der Waals surface area contributed by atoms with Crippen molar-refractivity contribution in [2.45, 2.75) is 20.0 Å². The number of nitrogens with one attached hydrogen (secondary N) is 1. The Labute approximate surface area is 167 Å². The lowest BCUT2D eigenvalue weighted by atomic mass is 10.0. The molecule has 0 radical (unpaired) electrons. The quantitative estimate of drug-likeness (QED) is 0.708. The molecule has 0 unspecified atom stereocenters. The molecule has 0 spiro atoms. The Kier molecular flexibility index (Phi) is 6.11. The molecule has 0 aromatic heterocycles. The SMILES string of the molecule is CC(C)OCCN1C(=O)C(Nc2ccc(F)cc2)=C(c2ccc(Cl)cc2)C1=O. The zero-order valence-corrected chi connectivity index (χ0v) is 16.3. The van der Waals surface area contributed by atoms with Crippen LogP contribution in [0.1, 0.15) is 19.4 Å². The van der Waals surface area contributed by atoms with Crippen LogP contribution >= 0.6 is 11.6 Å². The van der Waals surface area contributed by atoms with Gasteiger partial charge in [0.15, 0.2) is 0 Å². The molecule has 2 aromatic carbocycles. The summed E-state index contributed by atoms with van der Waals surface area (Å²) in [5.74, 6) is -1.25. The molecule has 7 heteroatoms. The molecule has 0 atom stereocenters.